The average Bonchev–Trinajstić information content (AvgIpc) is 3.07. The van der Waals surface area contributed by atoms with Crippen molar-refractivity contribution in [3.63, 3.8) is 0 Å². The predicted molar refractivity (Wildman–Crippen MR) is 97.3 cm³/mol. The molecule has 0 saturated carbocycles. The highest BCUT2D eigenvalue weighted by molar-refractivity contribution is 7.09. The van der Waals surface area contributed by atoms with Crippen molar-refractivity contribution in [2.45, 2.75) is 52.7 Å². The van der Waals surface area contributed by atoms with Gasteiger partial charge in [0.15, 0.2) is 5.69 Å². The Morgan fingerprint density at radius 2 is 2.08 bits per heavy atom. The molecule has 1 amide bonds. The van der Waals surface area contributed by atoms with Gasteiger partial charge in [0.25, 0.3) is 0 Å². The predicted octanol–water partition coefficient (Wildman–Crippen LogP) is 1.97. The summed E-state index contributed by atoms with van der Waals surface area (Å²) in [5.74, 6) is -0.469. The van der Waals surface area contributed by atoms with Crippen LogP contribution in [0.5, 0.6) is 0 Å². The molecule has 142 valence electrons. The van der Waals surface area contributed by atoms with Crippen molar-refractivity contribution in [1.82, 2.24) is 9.88 Å². The summed E-state index contributed by atoms with van der Waals surface area (Å²) >= 11 is 1.21. The standard InChI is InChI=1S/C17H29N3O4S/c1-5-7-20(15(22)9-18)13(11(3)4)8-14(21)16-19-12(10-25-16)17(23)24-6-2/h10-11,13-14,21H,5-9,18H2,1-4H3. The molecule has 0 aromatic carbocycles. The molecule has 1 rings (SSSR count). The number of carbonyl (C=O) groups excluding carboxylic acids is 2. The minimum absolute atomic E-state index is 0.0520. The Bertz CT molecular complexity index is 562. The van der Waals surface area contributed by atoms with Crippen LogP contribution in [0.25, 0.3) is 0 Å². The minimum Gasteiger partial charge on any atom is -0.461 e. The Kier molecular flexibility index (Phi) is 9.02. The van der Waals surface area contributed by atoms with E-state index in [0.717, 1.165) is 6.42 Å². The van der Waals surface area contributed by atoms with Gasteiger partial charge in [-0.05, 0) is 19.3 Å². The smallest absolute Gasteiger partial charge is 0.357 e. The summed E-state index contributed by atoms with van der Waals surface area (Å²) in [5, 5.41) is 12.6. The Labute approximate surface area is 153 Å². The van der Waals surface area contributed by atoms with E-state index in [1.165, 1.54) is 11.3 Å². The molecular formula is C17H29N3O4S. The first-order chi connectivity index (χ1) is 11.8. The van der Waals surface area contributed by atoms with Crippen LogP contribution >= 0.6 is 11.3 Å². The molecule has 0 fully saturated rings. The zero-order chi connectivity index (χ0) is 19.0. The number of nitrogens with zero attached hydrogens (tertiary/aromatic N) is 2. The highest BCUT2D eigenvalue weighted by Crippen LogP contribution is 2.27. The Morgan fingerprint density at radius 1 is 1.40 bits per heavy atom. The number of ether oxygens (including phenoxy) is 1. The summed E-state index contributed by atoms with van der Waals surface area (Å²) in [7, 11) is 0. The zero-order valence-corrected chi connectivity index (χ0v) is 16.2. The number of carbonyl (C=O) groups is 2. The fourth-order valence-electron chi connectivity index (χ4n) is 2.66. The van der Waals surface area contributed by atoms with Crippen LogP contribution in [0, 0.1) is 5.92 Å². The summed E-state index contributed by atoms with van der Waals surface area (Å²) < 4.78 is 4.91. The second kappa shape index (κ2) is 10.5. The second-order valence-corrected chi connectivity index (χ2v) is 7.04. The van der Waals surface area contributed by atoms with E-state index in [1.807, 2.05) is 20.8 Å². The number of aliphatic hydroxyl groups excluding tert-OH is 1. The topological polar surface area (TPSA) is 106 Å². The first-order valence-corrected chi connectivity index (χ1v) is 9.53. The van der Waals surface area contributed by atoms with E-state index in [-0.39, 0.29) is 36.7 Å². The zero-order valence-electron chi connectivity index (χ0n) is 15.4. The van der Waals surface area contributed by atoms with Gasteiger partial charge in [-0.2, -0.15) is 0 Å². The first kappa shape index (κ1) is 21.5. The summed E-state index contributed by atoms with van der Waals surface area (Å²) in [5.41, 5.74) is 5.73. The van der Waals surface area contributed by atoms with Crippen molar-refractivity contribution >= 4 is 23.2 Å². The van der Waals surface area contributed by atoms with Crippen molar-refractivity contribution in [3.05, 3.63) is 16.1 Å². The van der Waals surface area contributed by atoms with Crippen LogP contribution in [0.2, 0.25) is 0 Å². The van der Waals surface area contributed by atoms with E-state index in [9.17, 15) is 14.7 Å². The van der Waals surface area contributed by atoms with Gasteiger partial charge in [-0.3, -0.25) is 4.79 Å². The van der Waals surface area contributed by atoms with E-state index in [0.29, 0.717) is 18.0 Å². The highest BCUT2D eigenvalue weighted by Gasteiger charge is 2.29. The van der Waals surface area contributed by atoms with Gasteiger partial charge in [0, 0.05) is 24.4 Å². The van der Waals surface area contributed by atoms with Gasteiger partial charge in [-0.25, -0.2) is 9.78 Å². The lowest BCUT2D eigenvalue weighted by Crippen LogP contribution is -2.47. The molecule has 2 unspecified atom stereocenters. The summed E-state index contributed by atoms with van der Waals surface area (Å²) in [6.45, 7) is 8.56. The van der Waals surface area contributed by atoms with E-state index >= 15 is 0 Å². The third-order valence-corrected chi connectivity index (χ3v) is 4.83. The number of aromatic nitrogens is 1. The number of hydrogen-bond donors (Lipinski definition) is 2. The molecule has 7 nitrogen and oxygen atoms in total. The number of nitrogens with two attached hydrogens (primary N) is 1. The Hall–Kier alpha value is -1.51. The molecule has 0 aliphatic heterocycles. The van der Waals surface area contributed by atoms with Crippen LogP contribution in [-0.2, 0) is 9.53 Å². The van der Waals surface area contributed by atoms with Gasteiger partial charge in [0.05, 0.1) is 13.2 Å². The van der Waals surface area contributed by atoms with E-state index in [1.54, 1.807) is 17.2 Å². The molecule has 0 aliphatic carbocycles. The number of hydrogen-bond acceptors (Lipinski definition) is 7. The third-order valence-electron chi connectivity index (χ3n) is 3.89. The lowest BCUT2D eigenvalue weighted by atomic mass is 9.95. The van der Waals surface area contributed by atoms with Gasteiger partial charge in [0.1, 0.15) is 11.1 Å². The van der Waals surface area contributed by atoms with Gasteiger partial charge in [-0.15, -0.1) is 11.3 Å². The van der Waals surface area contributed by atoms with Crippen molar-refractivity contribution in [2.24, 2.45) is 11.7 Å². The van der Waals surface area contributed by atoms with Gasteiger partial charge in [0.2, 0.25) is 5.91 Å². The molecule has 8 heteroatoms. The molecule has 25 heavy (non-hydrogen) atoms. The first-order valence-electron chi connectivity index (χ1n) is 8.65. The molecule has 1 aromatic heterocycles. The maximum atomic E-state index is 12.2. The number of thiazole rings is 1. The molecule has 0 bridgehead atoms. The quantitative estimate of drug-likeness (QED) is 0.609. The SMILES string of the molecule is CCCN(C(=O)CN)C(CC(O)c1nc(C(=O)OCC)cs1)C(C)C. The number of rotatable bonds is 10. The molecule has 1 heterocycles. The van der Waals surface area contributed by atoms with Crippen LogP contribution in [0.3, 0.4) is 0 Å². The number of esters is 1. The summed E-state index contributed by atoms with van der Waals surface area (Å²) in [6.07, 6.45) is 0.305. The van der Waals surface area contributed by atoms with Crippen LogP contribution in [0.1, 0.15) is 62.1 Å². The molecule has 0 aliphatic rings. The summed E-state index contributed by atoms with van der Waals surface area (Å²) in [4.78, 5) is 29.8. The largest absolute Gasteiger partial charge is 0.461 e. The fourth-order valence-corrected chi connectivity index (χ4v) is 3.45. The molecule has 0 spiro atoms. The second-order valence-electron chi connectivity index (χ2n) is 6.15. The van der Waals surface area contributed by atoms with E-state index < -0.39 is 12.1 Å². The normalized spacial score (nSPS) is 13.6. The van der Waals surface area contributed by atoms with Crippen LogP contribution < -0.4 is 5.73 Å². The van der Waals surface area contributed by atoms with Crippen LogP contribution in [0.4, 0.5) is 0 Å². The van der Waals surface area contributed by atoms with Gasteiger partial charge < -0.3 is 20.5 Å². The lowest BCUT2D eigenvalue weighted by molar-refractivity contribution is -0.133. The van der Waals surface area contributed by atoms with Gasteiger partial charge in [-0.1, -0.05) is 20.8 Å². The third kappa shape index (κ3) is 6.05. The summed E-state index contributed by atoms with van der Waals surface area (Å²) in [6, 6.07) is -0.152. The minimum atomic E-state index is -0.856. The van der Waals surface area contributed by atoms with E-state index in [4.69, 9.17) is 10.5 Å². The van der Waals surface area contributed by atoms with E-state index in [2.05, 4.69) is 4.98 Å². The lowest BCUT2D eigenvalue weighted by Gasteiger charge is -2.35. The number of amides is 1. The molecule has 3 N–H and O–H groups in total. The van der Waals surface area contributed by atoms with Crippen molar-refractivity contribution in [2.75, 3.05) is 19.7 Å². The molecule has 0 saturated heterocycles. The fraction of sp³-hybridized carbons (Fsp3) is 0.706. The van der Waals surface area contributed by atoms with Crippen molar-refractivity contribution < 1.29 is 19.4 Å². The Morgan fingerprint density at radius 3 is 2.60 bits per heavy atom. The monoisotopic (exact) mass is 371 g/mol. The molecule has 2 atom stereocenters. The van der Waals surface area contributed by atoms with Crippen molar-refractivity contribution in [1.29, 1.82) is 0 Å². The van der Waals surface area contributed by atoms with Crippen molar-refractivity contribution in [3.8, 4) is 0 Å². The van der Waals surface area contributed by atoms with Crippen LogP contribution in [-0.4, -0.2) is 52.6 Å². The highest BCUT2D eigenvalue weighted by atomic mass is 32.1. The van der Waals surface area contributed by atoms with Gasteiger partial charge >= 0.3 is 5.97 Å². The number of aliphatic hydroxyl groups is 1. The molecular weight excluding hydrogens is 342 g/mol. The maximum absolute atomic E-state index is 12.2. The molecule has 1 aromatic rings. The van der Waals surface area contributed by atoms with Crippen LogP contribution in [0.15, 0.2) is 5.38 Å². The Balaban J connectivity index is 2.90. The average molecular weight is 372 g/mol. The maximum Gasteiger partial charge on any atom is 0.357 e. The molecule has 0 radical (unpaired) electrons.